The molecule has 0 spiro atoms. The molecular weight excluding hydrogens is 239 g/mol. The maximum atomic E-state index is 13.3. The second-order valence-electron chi connectivity index (χ2n) is 3.99. The number of halogens is 1. The predicted octanol–water partition coefficient (Wildman–Crippen LogP) is 0.525. The molecule has 1 aliphatic rings. The van der Waals surface area contributed by atoms with Crippen LogP contribution >= 0.6 is 0 Å². The number of morpholine rings is 1. The molecule has 0 radical (unpaired) electrons. The number of rotatable bonds is 3. The van der Waals surface area contributed by atoms with Gasteiger partial charge in [-0.25, -0.2) is 4.39 Å². The van der Waals surface area contributed by atoms with Crippen molar-refractivity contribution < 1.29 is 18.7 Å². The maximum Gasteiger partial charge on any atom is 0.253 e. The molecule has 1 saturated heterocycles. The highest BCUT2D eigenvalue weighted by Gasteiger charge is 2.28. The zero-order valence-corrected chi connectivity index (χ0v) is 10.1. The number of hydrogen-bond donors (Lipinski definition) is 1. The van der Waals surface area contributed by atoms with Crippen LogP contribution < -0.4 is 15.4 Å². The van der Waals surface area contributed by atoms with Crippen LogP contribution in [0.15, 0.2) is 18.2 Å². The summed E-state index contributed by atoms with van der Waals surface area (Å²) in [4.78, 5) is 13.3. The minimum absolute atomic E-state index is 0.0540. The van der Waals surface area contributed by atoms with Gasteiger partial charge in [-0.2, -0.15) is 0 Å². The van der Waals surface area contributed by atoms with Gasteiger partial charge in [0, 0.05) is 12.6 Å². The van der Waals surface area contributed by atoms with Crippen molar-refractivity contribution in [3.63, 3.8) is 0 Å². The van der Waals surface area contributed by atoms with Crippen LogP contribution in [0, 0.1) is 5.82 Å². The van der Waals surface area contributed by atoms with E-state index in [4.69, 9.17) is 15.2 Å². The van der Waals surface area contributed by atoms with Gasteiger partial charge >= 0.3 is 0 Å². The van der Waals surface area contributed by atoms with E-state index in [1.165, 1.54) is 30.2 Å². The molecule has 0 aliphatic carbocycles. The van der Waals surface area contributed by atoms with Crippen molar-refractivity contribution in [2.45, 2.75) is 6.10 Å². The van der Waals surface area contributed by atoms with Crippen LogP contribution in [0.3, 0.4) is 0 Å². The van der Waals surface area contributed by atoms with Crippen molar-refractivity contribution in [1.29, 1.82) is 0 Å². The molecule has 0 aromatic heterocycles. The number of nitrogens with two attached hydrogens (primary N) is 1. The monoisotopic (exact) mass is 254 g/mol. The Hall–Kier alpha value is -1.66. The molecule has 2 N–H and O–H groups in total. The molecule has 18 heavy (non-hydrogen) atoms. The van der Waals surface area contributed by atoms with Gasteiger partial charge in [-0.05, 0) is 12.1 Å². The molecule has 1 fully saturated rings. The molecule has 1 aromatic carbocycles. The molecule has 1 atom stereocenters. The smallest absolute Gasteiger partial charge is 0.253 e. The van der Waals surface area contributed by atoms with E-state index in [0.29, 0.717) is 24.5 Å². The fourth-order valence-corrected chi connectivity index (χ4v) is 1.87. The molecule has 1 aromatic rings. The van der Waals surface area contributed by atoms with Gasteiger partial charge in [0.15, 0.2) is 0 Å². The molecule has 5 nitrogen and oxygen atoms in total. The molecule has 2 rings (SSSR count). The first-order chi connectivity index (χ1) is 8.65. The number of benzene rings is 1. The van der Waals surface area contributed by atoms with Crippen molar-refractivity contribution in [2.24, 2.45) is 5.73 Å². The number of ether oxygens (including phenoxy) is 2. The summed E-state index contributed by atoms with van der Waals surface area (Å²) in [6.45, 7) is 0.554. The topological polar surface area (TPSA) is 64.8 Å². The normalized spacial score (nSPS) is 20.1. The molecule has 0 saturated carbocycles. The third-order valence-corrected chi connectivity index (χ3v) is 2.82. The van der Waals surface area contributed by atoms with Crippen LogP contribution in [0.2, 0.25) is 0 Å². The van der Waals surface area contributed by atoms with Crippen molar-refractivity contribution >= 4 is 11.6 Å². The van der Waals surface area contributed by atoms with Gasteiger partial charge in [0.2, 0.25) is 0 Å². The van der Waals surface area contributed by atoms with Crippen LogP contribution in [-0.2, 0) is 9.53 Å². The zero-order valence-electron chi connectivity index (χ0n) is 10.1. The van der Waals surface area contributed by atoms with E-state index in [-0.39, 0.29) is 18.6 Å². The average molecular weight is 254 g/mol. The summed E-state index contributed by atoms with van der Waals surface area (Å²) in [6.07, 6.45) is -0.240. The van der Waals surface area contributed by atoms with E-state index in [2.05, 4.69) is 0 Å². The molecule has 98 valence electrons. The van der Waals surface area contributed by atoms with E-state index in [0.717, 1.165) is 0 Å². The first kappa shape index (κ1) is 12.8. The third-order valence-electron chi connectivity index (χ3n) is 2.82. The Kier molecular flexibility index (Phi) is 3.78. The Bertz CT molecular complexity index is 453. The fourth-order valence-electron chi connectivity index (χ4n) is 1.87. The van der Waals surface area contributed by atoms with Gasteiger partial charge in [0.25, 0.3) is 5.91 Å². The van der Waals surface area contributed by atoms with Crippen LogP contribution in [0.4, 0.5) is 10.1 Å². The highest BCUT2D eigenvalue weighted by Crippen LogP contribution is 2.30. The fraction of sp³-hybridized carbons (Fsp3) is 0.417. The number of amides is 1. The molecule has 0 bridgehead atoms. The summed E-state index contributed by atoms with van der Waals surface area (Å²) in [6, 6.07) is 4.05. The lowest BCUT2D eigenvalue weighted by Crippen LogP contribution is -2.49. The van der Waals surface area contributed by atoms with E-state index in [1.807, 2.05) is 0 Å². The number of anilines is 1. The van der Waals surface area contributed by atoms with E-state index in [9.17, 15) is 9.18 Å². The van der Waals surface area contributed by atoms with Crippen LogP contribution in [-0.4, -0.2) is 38.8 Å². The van der Waals surface area contributed by atoms with Crippen LogP contribution in [0.1, 0.15) is 0 Å². The number of nitrogens with zero attached hydrogens (tertiary/aromatic N) is 1. The van der Waals surface area contributed by atoms with Gasteiger partial charge in [-0.15, -0.1) is 0 Å². The second kappa shape index (κ2) is 5.32. The first-order valence-corrected chi connectivity index (χ1v) is 5.61. The minimum Gasteiger partial charge on any atom is -0.495 e. The van der Waals surface area contributed by atoms with Gasteiger partial charge in [0.1, 0.15) is 18.2 Å². The van der Waals surface area contributed by atoms with E-state index in [1.54, 1.807) is 0 Å². The SMILES string of the molecule is COc1ccc(F)cc1N1CC(CN)OCC1=O. The van der Waals surface area contributed by atoms with Crippen molar-refractivity contribution in [3.05, 3.63) is 24.0 Å². The van der Waals surface area contributed by atoms with Crippen LogP contribution in [0.25, 0.3) is 0 Å². The Morgan fingerprint density at radius 3 is 3.06 bits per heavy atom. The van der Waals surface area contributed by atoms with E-state index < -0.39 is 5.82 Å². The minimum atomic E-state index is -0.422. The summed E-state index contributed by atoms with van der Waals surface area (Å²) in [7, 11) is 1.47. The van der Waals surface area contributed by atoms with Gasteiger partial charge in [-0.3, -0.25) is 4.79 Å². The number of methoxy groups -OCH3 is 1. The number of carbonyl (C=O) groups excluding carboxylic acids is 1. The van der Waals surface area contributed by atoms with Crippen molar-refractivity contribution in [3.8, 4) is 5.75 Å². The number of hydrogen-bond acceptors (Lipinski definition) is 4. The highest BCUT2D eigenvalue weighted by atomic mass is 19.1. The molecule has 1 amide bonds. The first-order valence-electron chi connectivity index (χ1n) is 5.61. The summed E-state index contributed by atoms with van der Waals surface area (Å²) >= 11 is 0. The largest absolute Gasteiger partial charge is 0.495 e. The highest BCUT2D eigenvalue weighted by molar-refractivity contribution is 5.96. The van der Waals surface area contributed by atoms with Crippen molar-refractivity contribution in [1.82, 2.24) is 0 Å². The summed E-state index contributed by atoms with van der Waals surface area (Å²) in [5.74, 6) is -0.208. The summed E-state index contributed by atoms with van der Waals surface area (Å²) in [5.41, 5.74) is 5.93. The lowest BCUT2D eigenvalue weighted by Gasteiger charge is -2.32. The summed E-state index contributed by atoms with van der Waals surface area (Å²) < 4.78 is 23.7. The molecular formula is C12H15FN2O3. The van der Waals surface area contributed by atoms with Gasteiger partial charge in [-0.1, -0.05) is 0 Å². The van der Waals surface area contributed by atoms with Crippen molar-refractivity contribution in [2.75, 3.05) is 31.7 Å². The lowest BCUT2D eigenvalue weighted by molar-refractivity contribution is -0.128. The Morgan fingerprint density at radius 1 is 1.61 bits per heavy atom. The molecule has 1 heterocycles. The predicted molar refractivity (Wildman–Crippen MR) is 64.1 cm³/mol. The standard InChI is InChI=1S/C12H15FN2O3/c1-17-11-3-2-8(13)4-10(11)15-6-9(5-14)18-7-12(15)16/h2-4,9H,5-7,14H2,1H3. The lowest BCUT2D eigenvalue weighted by atomic mass is 10.2. The average Bonchev–Trinajstić information content (AvgIpc) is 2.39. The third kappa shape index (κ3) is 2.44. The molecule has 6 heteroatoms. The molecule has 1 unspecified atom stereocenters. The Balaban J connectivity index is 2.33. The quantitative estimate of drug-likeness (QED) is 0.854. The van der Waals surface area contributed by atoms with Gasteiger partial charge in [0.05, 0.1) is 25.4 Å². The zero-order chi connectivity index (χ0) is 13.1. The maximum absolute atomic E-state index is 13.3. The van der Waals surface area contributed by atoms with E-state index >= 15 is 0 Å². The van der Waals surface area contributed by atoms with Crippen LogP contribution in [0.5, 0.6) is 5.75 Å². The second-order valence-corrected chi connectivity index (χ2v) is 3.99. The van der Waals surface area contributed by atoms with Gasteiger partial charge < -0.3 is 20.1 Å². The Morgan fingerprint density at radius 2 is 2.39 bits per heavy atom. The summed E-state index contributed by atoms with van der Waals surface area (Å²) in [5, 5.41) is 0. The molecule has 1 aliphatic heterocycles. The number of carbonyl (C=O) groups is 1. The Labute approximate surface area is 104 Å².